The number of carbonyl (C=O) groups excluding carboxylic acids is 1. The highest BCUT2D eigenvalue weighted by molar-refractivity contribution is 6.30. The van der Waals surface area contributed by atoms with Gasteiger partial charge in [0.25, 0.3) is 0 Å². The molecule has 0 saturated heterocycles. The number of allylic oxidation sites excluding steroid dienone is 2. The molecule has 0 fully saturated rings. The van der Waals surface area contributed by atoms with Crippen molar-refractivity contribution >= 4 is 17.4 Å². The van der Waals surface area contributed by atoms with Gasteiger partial charge in [-0.25, -0.2) is 4.39 Å². The summed E-state index contributed by atoms with van der Waals surface area (Å²) in [5, 5.41) is 0.766. The molecule has 0 N–H and O–H groups in total. The minimum absolute atomic E-state index is 0.137. The predicted molar refractivity (Wildman–Crippen MR) is 114 cm³/mol. The molecular weight excluding hydrogens is 371 g/mol. The zero-order valence-corrected chi connectivity index (χ0v) is 17.5. The lowest BCUT2D eigenvalue weighted by Crippen LogP contribution is -2.01. The summed E-state index contributed by atoms with van der Waals surface area (Å²) in [4.78, 5) is 11.2. The Kier molecular flexibility index (Phi) is 7.07. The van der Waals surface area contributed by atoms with Crippen LogP contribution in [-0.2, 0) is 24.1 Å². The average Bonchev–Trinajstić information content (AvgIpc) is 3.09. The molecule has 0 heterocycles. The van der Waals surface area contributed by atoms with E-state index >= 15 is 0 Å². The largest absolute Gasteiger partial charge is 0.300 e. The van der Waals surface area contributed by atoms with Crippen LogP contribution in [0.25, 0.3) is 0 Å². The standard InChI is InChI=1S/C25H28ClFO/c1-17-14-23(25(27)16-21(17)9-6-18(2)28)11-10-20-4-3-5-22(20)15-19-7-12-24(26)13-8-19/h7-8,12-14,16H,3-6,9-11,15H2,1-2H3. The van der Waals surface area contributed by atoms with E-state index in [-0.39, 0.29) is 11.6 Å². The third-order valence-corrected chi connectivity index (χ3v) is 5.99. The summed E-state index contributed by atoms with van der Waals surface area (Å²) in [6.45, 7) is 3.59. The molecule has 0 spiro atoms. The van der Waals surface area contributed by atoms with Gasteiger partial charge in [0.05, 0.1) is 0 Å². The molecule has 3 heteroatoms. The summed E-state index contributed by atoms with van der Waals surface area (Å²) in [6.07, 6.45) is 7.19. The van der Waals surface area contributed by atoms with Crippen LogP contribution in [0.4, 0.5) is 4.39 Å². The third-order valence-electron chi connectivity index (χ3n) is 5.74. The monoisotopic (exact) mass is 398 g/mol. The number of carbonyl (C=O) groups is 1. The average molecular weight is 399 g/mol. The van der Waals surface area contributed by atoms with Crippen molar-refractivity contribution in [2.75, 3.05) is 0 Å². The second kappa shape index (κ2) is 9.52. The van der Waals surface area contributed by atoms with Crippen LogP contribution in [0.15, 0.2) is 47.5 Å². The first-order chi connectivity index (χ1) is 13.4. The molecule has 0 amide bonds. The molecule has 1 nitrogen and oxygen atoms in total. The first-order valence-electron chi connectivity index (χ1n) is 10.1. The molecule has 1 aliphatic carbocycles. The van der Waals surface area contributed by atoms with Crippen LogP contribution in [0.3, 0.4) is 0 Å². The van der Waals surface area contributed by atoms with Crippen molar-refractivity contribution in [1.29, 1.82) is 0 Å². The third kappa shape index (κ3) is 5.54. The molecule has 1 aliphatic rings. The van der Waals surface area contributed by atoms with Crippen LogP contribution in [0.5, 0.6) is 0 Å². The number of ketones is 1. The number of halogens is 2. The Bertz CT molecular complexity index is 880. The van der Waals surface area contributed by atoms with Gasteiger partial charge < -0.3 is 4.79 Å². The van der Waals surface area contributed by atoms with Crippen LogP contribution in [0.2, 0.25) is 5.02 Å². The van der Waals surface area contributed by atoms with Gasteiger partial charge in [0.2, 0.25) is 0 Å². The molecule has 3 rings (SSSR count). The van der Waals surface area contributed by atoms with E-state index in [4.69, 9.17) is 11.6 Å². The van der Waals surface area contributed by atoms with Gasteiger partial charge in [-0.2, -0.15) is 0 Å². The van der Waals surface area contributed by atoms with Crippen LogP contribution in [0.1, 0.15) is 61.3 Å². The van der Waals surface area contributed by atoms with Crippen LogP contribution in [-0.4, -0.2) is 5.78 Å². The van der Waals surface area contributed by atoms with E-state index in [2.05, 4.69) is 12.1 Å². The summed E-state index contributed by atoms with van der Waals surface area (Å²) in [7, 11) is 0. The fourth-order valence-corrected chi connectivity index (χ4v) is 4.20. The van der Waals surface area contributed by atoms with Crippen LogP contribution in [0, 0.1) is 12.7 Å². The highest BCUT2D eigenvalue weighted by Gasteiger charge is 2.16. The van der Waals surface area contributed by atoms with Gasteiger partial charge in [0.1, 0.15) is 11.6 Å². The van der Waals surface area contributed by atoms with Gasteiger partial charge in [-0.1, -0.05) is 40.9 Å². The lowest BCUT2D eigenvalue weighted by molar-refractivity contribution is -0.116. The van der Waals surface area contributed by atoms with E-state index in [9.17, 15) is 9.18 Å². The lowest BCUT2D eigenvalue weighted by atomic mass is 9.94. The number of hydrogen-bond acceptors (Lipinski definition) is 1. The minimum atomic E-state index is -0.137. The van der Waals surface area contributed by atoms with Crippen molar-refractivity contribution in [1.82, 2.24) is 0 Å². The van der Waals surface area contributed by atoms with E-state index in [0.717, 1.165) is 53.8 Å². The molecular formula is C25H28ClFO. The fraction of sp³-hybridized carbons (Fsp3) is 0.400. The number of benzene rings is 2. The molecule has 0 saturated carbocycles. The first-order valence-corrected chi connectivity index (χ1v) is 10.5. The summed E-state index contributed by atoms with van der Waals surface area (Å²) < 4.78 is 14.6. The smallest absolute Gasteiger partial charge is 0.130 e. The first kappa shape index (κ1) is 20.8. The molecule has 0 aliphatic heterocycles. The molecule has 0 unspecified atom stereocenters. The van der Waals surface area contributed by atoms with Crippen molar-refractivity contribution in [2.24, 2.45) is 0 Å². The molecule has 28 heavy (non-hydrogen) atoms. The fourth-order valence-electron chi connectivity index (χ4n) is 4.07. The van der Waals surface area contributed by atoms with Crippen LogP contribution < -0.4 is 0 Å². The minimum Gasteiger partial charge on any atom is -0.300 e. The predicted octanol–water partition coefficient (Wildman–Crippen LogP) is 6.96. The Hall–Kier alpha value is -1.93. The maximum Gasteiger partial charge on any atom is 0.130 e. The lowest BCUT2D eigenvalue weighted by Gasteiger charge is -2.12. The van der Waals surface area contributed by atoms with E-state index < -0.39 is 0 Å². The van der Waals surface area contributed by atoms with E-state index in [1.807, 2.05) is 25.1 Å². The highest BCUT2D eigenvalue weighted by Crippen LogP contribution is 2.32. The molecule has 0 aromatic heterocycles. The maximum atomic E-state index is 14.6. The van der Waals surface area contributed by atoms with Gasteiger partial charge in [-0.3, -0.25) is 0 Å². The number of rotatable bonds is 8. The Morgan fingerprint density at radius 2 is 1.71 bits per heavy atom. The summed E-state index contributed by atoms with van der Waals surface area (Å²) in [6, 6.07) is 11.7. The van der Waals surface area contributed by atoms with E-state index in [0.29, 0.717) is 12.8 Å². The number of hydrogen-bond donors (Lipinski definition) is 0. The molecule has 0 bridgehead atoms. The van der Waals surface area contributed by atoms with Crippen molar-refractivity contribution in [3.63, 3.8) is 0 Å². The zero-order valence-electron chi connectivity index (χ0n) is 16.8. The normalized spacial score (nSPS) is 14.0. The molecule has 0 radical (unpaired) electrons. The van der Waals surface area contributed by atoms with Crippen molar-refractivity contribution in [3.05, 3.63) is 80.6 Å². The Morgan fingerprint density at radius 1 is 1.00 bits per heavy atom. The van der Waals surface area contributed by atoms with Crippen LogP contribution >= 0.6 is 11.6 Å². The zero-order chi connectivity index (χ0) is 20.1. The summed E-state index contributed by atoms with van der Waals surface area (Å²) >= 11 is 5.98. The van der Waals surface area contributed by atoms with Crippen molar-refractivity contribution in [2.45, 2.75) is 65.2 Å². The second-order valence-electron chi connectivity index (χ2n) is 7.94. The Balaban J connectivity index is 1.67. The van der Waals surface area contributed by atoms with E-state index in [1.165, 1.54) is 23.1 Å². The Labute approximate surface area is 172 Å². The molecule has 0 atom stereocenters. The summed E-state index contributed by atoms with van der Waals surface area (Å²) in [5.74, 6) is 0.00673. The van der Waals surface area contributed by atoms with Gasteiger partial charge >= 0.3 is 0 Å². The number of aryl methyl sites for hydroxylation is 3. The van der Waals surface area contributed by atoms with E-state index in [1.54, 1.807) is 13.0 Å². The van der Waals surface area contributed by atoms with Gasteiger partial charge in [0.15, 0.2) is 0 Å². The molecule has 2 aromatic carbocycles. The van der Waals surface area contributed by atoms with Gasteiger partial charge in [0, 0.05) is 11.4 Å². The van der Waals surface area contributed by atoms with Crippen molar-refractivity contribution < 1.29 is 9.18 Å². The van der Waals surface area contributed by atoms with Gasteiger partial charge in [-0.15, -0.1) is 0 Å². The Morgan fingerprint density at radius 3 is 2.43 bits per heavy atom. The van der Waals surface area contributed by atoms with Crippen molar-refractivity contribution in [3.8, 4) is 0 Å². The second-order valence-corrected chi connectivity index (χ2v) is 8.37. The maximum absolute atomic E-state index is 14.6. The number of Topliss-reactive ketones (excluding diaryl/α,β-unsaturated/α-hetero) is 1. The summed E-state index contributed by atoms with van der Waals surface area (Å²) in [5.41, 5.74) is 7.11. The quantitative estimate of drug-likeness (QED) is 0.439. The molecule has 148 valence electrons. The SMILES string of the molecule is CC(=O)CCc1cc(F)c(CCC2=C(Cc3ccc(Cl)cc3)CCC2)cc1C. The topological polar surface area (TPSA) is 17.1 Å². The highest BCUT2D eigenvalue weighted by atomic mass is 35.5. The van der Waals surface area contributed by atoms with Gasteiger partial charge in [-0.05, 0) is 99.2 Å². The molecule has 2 aromatic rings.